The molecule has 0 bridgehead atoms. The molecule has 0 saturated carbocycles. The summed E-state index contributed by atoms with van der Waals surface area (Å²) < 4.78 is 99.9. The van der Waals surface area contributed by atoms with Gasteiger partial charge in [-0.2, -0.15) is 18.4 Å². The van der Waals surface area contributed by atoms with Crippen LogP contribution in [0.25, 0.3) is 16.6 Å². The van der Waals surface area contributed by atoms with Gasteiger partial charge in [-0.15, -0.1) is 0 Å². The molecular weight excluding hydrogens is 505 g/mol. The van der Waals surface area contributed by atoms with Crippen LogP contribution in [-0.4, -0.2) is 35.2 Å². The molecule has 0 unspecified atom stereocenters. The van der Waals surface area contributed by atoms with Gasteiger partial charge in [-0.1, -0.05) is 0 Å². The Bertz CT molecular complexity index is 1610. The van der Waals surface area contributed by atoms with E-state index in [4.69, 9.17) is 0 Å². The lowest BCUT2D eigenvalue weighted by Gasteiger charge is -2.32. The van der Waals surface area contributed by atoms with Gasteiger partial charge in [-0.25, -0.2) is 21.5 Å². The first-order valence-corrected chi connectivity index (χ1v) is 11.7. The number of rotatable bonds is 5. The molecule has 13 heteroatoms. The number of hydrogen-bond acceptors (Lipinski definition) is 5. The summed E-state index contributed by atoms with van der Waals surface area (Å²) in [6.07, 6.45) is -1.11. The van der Waals surface area contributed by atoms with Crippen LogP contribution in [0, 0.1) is 29.9 Å². The first kappa shape index (κ1) is 25.1. The fourth-order valence-electron chi connectivity index (χ4n) is 3.76. The lowest BCUT2D eigenvalue weighted by atomic mass is 10.1. The van der Waals surface area contributed by atoms with E-state index < -0.39 is 55.8 Å². The zero-order chi connectivity index (χ0) is 26.4. The van der Waals surface area contributed by atoms with Crippen LogP contribution in [0.1, 0.15) is 18.1 Å². The first-order valence-electron chi connectivity index (χ1n) is 10.2. The largest absolute Gasteiger partial charge is 0.409 e. The predicted molar refractivity (Wildman–Crippen MR) is 120 cm³/mol. The number of halogens is 5. The molecule has 4 rings (SSSR count). The molecule has 7 nitrogen and oxygen atoms in total. The van der Waals surface area contributed by atoms with E-state index in [1.165, 1.54) is 25.3 Å². The van der Waals surface area contributed by atoms with Crippen molar-refractivity contribution in [3.05, 3.63) is 77.9 Å². The van der Waals surface area contributed by atoms with E-state index in [1.807, 2.05) is 0 Å². The molecule has 1 aromatic carbocycles. The molecule has 0 radical (unpaired) electrons. The number of aryl methyl sites for hydroxylation is 1. The first-order chi connectivity index (χ1) is 16.9. The number of hydrogen-bond donors (Lipinski definition) is 0. The third-order valence-electron chi connectivity index (χ3n) is 5.55. The van der Waals surface area contributed by atoms with Crippen LogP contribution in [0.2, 0.25) is 0 Å². The Labute approximate surface area is 202 Å². The average Bonchev–Trinajstić information content (AvgIpc) is 3.12. The van der Waals surface area contributed by atoms with Crippen molar-refractivity contribution in [3.8, 4) is 11.8 Å². The smallest absolute Gasteiger partial charge is 0.291 e. The highest BCUT2D eigenvalue weighted by atomic mass is 32.2. The summed E-state index contributed by atoms with van der Waals surface area (Å²) in [7, 11) is -5.03. The van der Waals surface area contributed by atoms with Crippen LogP contribution in [0.4, 0.5) is 27.8 Å². The van der Waals surface area contributed by atoms with Crippen LogP contribution in [0.15, 0.2) is 60.0 Å². The van der Waals surface area contributed by atoms with Crippen molar-refractivity contribution in [2.24, 2.45) is 0 Å². The lowest BCUT2D eigenvalue weighted by molar-refractivity contribution is -0.142. The fourth-order valence-corrected chi connectivity index (χ4v) is 5.37. The van der Waals surface area contributed by atoms with Gasteiger partial charge in [0.25, 0.3) is 10.0 Å². The van der Waals surface area contributed by atoms with E-state index in [1.54, 1.807) is 6.07 Å². The number of fused-ring (bicyclic) bond motifs is 1. The lowest BCUT2D eigenvalue weighted by Crippen LogP contribution is -2.48. The third kappa shape index (κ3) is 4.03. The standard InChI is InChI=1S/C23H16F5N5O2S/c1-13-8-21-16(9-18(13)24)17(10-29)22(32(21)20-5-7-31-12-19(20)25)33(14(2)23(26,27)28)36(34,35)15-4-3-6-30-11-15/h3-9,11-12,14H,1-2H3/t14-/m0/s1. The molecule has 0 aliphatic heterocycles. The Kier molecular flexibility index (Phi) is 6.17. The Morgan fingerprint density at radius 1 is 1.08 bits per heavy atom. The van der Waals surface area contributed by atoms with Gasteiger partial charge >= 0.3 is 6.18 Å². The average molecular weight is 521 g/mol. The number of benzene rings is 1. The molecular formula is C23H16F5N5O2S. The van der Waals surface area contributed by atoms with Crippen LogP contribution in [0.3, 0.4) is 0 Å². The van der Waals surface area contributed by atoms with Crippen molar-refractivity contribution in [3.63, 3.8) is 0 Å². The minimum absolute atomic E-state index is 0.00429. The van der Waals surface area contributed by atoms with Crippen molar-refractivity contribution in [1.82, 2.24) is 14.5 Å². The predicted octanol–water partition coefficient (Wildman–Crippen LogP) is 5.02. The molecule has 0 aliphatic rings. The van der Waals surface area contributed by atoms with Gasteiger partial charge in [0, 0.05) is 24.0 Å². The monoisotopic (exact) mass is 521 g/mol. The molecule has 36 heavy (non-hydrogen) atoms. The quantitative estimate of drug-likeness (QED) is 0.344. The highest BCUT2D eigenvalue weighted by molar-refractivity contribution is 7.92. The topological polar surface area (TPSA) is 91.9 Å². The Morgan fingerprint density at radius 2 is 1.78 bits per heavy atom. The van der Waals surface area contributed by atoms with Gasteiger partial charge in [-0.05, 0) is 49.7 Å². The van der Waals surface area contributed by atoms with Crippen molar-refractivity contribution in [1.29, 1.82) is 5.26 Å². The zero-order valence-corrected chi connectivity index (χ0v) is 19.4. The molecule has 0 fully saturated rings. The molecule has 0 saturated heterocycles. The Hall–Kier alpha value is -4.05. The normalized spacial score (nSPS) is 12.9. The SMILES string of the molecule is Cc1cc2c(cc1F)c(C#N)c(N([C@@H](C)C(F)(F)F)S(=O)(=O)c1cccnc1)n2-c1ccncc1F. The van der Waals surface area contributed by atoms with E-state index in [0.717, 1.165) is 41.4 Å². The van der Waals surface area contributed by atoms with Gasteiger partial charge in [0.2, 0.25) is 0 Å². The molecule has 1 atom stereocenters. The fraction of sp³-hybridized carbons (Fsp3) is 0.174. The van der Waals surface area contributed by atoms with Crippen LogP contribution >= 0.6 is 0 Å². The number of nitrogens with zero attached hydrogens (tertiary/aromatic N) is 5. The van der Waals surface area contributed by atoms with Crippen molar-refractivity contribution in [2.75, 3.05) is 4.31 Å². The van der Waals surface area contributed by atoms with E-state index in [9.17, 15) is 35.6 Å². The van der Waals surface area contributed by atoms with Crippen molar-refractivity contribution in [2.45, 2.75) is 31.0 Å². The number of nitriles is 1. The summed E-state index contributed by atoms with van der Waals surface area (Å²) in [4.78, 5) is 6.70. The maximum atomic E-state index is 15.0. The van der Waals surface area contributed by atoms with Gasteiger partial charge < -0.3 is 0 Å². The maximum absolute atomic E-state index is 15.0. The second-order valence-corrected chi connectivity index (χ2v) is 9.61. The van der Waals surface area contributed by atoms with Gasteiger partial charge in [-0.3, -0.25) is 14.5 Å². The summed E-state index contributed by atoms with van der Waals surface area (Å²) >= 11 is 0. The minimum atomic E-state index is -5.11. The molecule has 0 aliphatic carbocycles. The Morgan fingerprint density at radius 3 is 2.36 bits per heavy atom. The number of anilines is 1. The third-order valence-corrected chi connectivity index (χ3v) is 7.40. The summed E-state index contributed by atoms with van der Waals surface area (Å²) in [5.41, 5.74) is -1.02. The molecule has 3 heterocycles. The number of pyridine rings is 2. The number of sulfonamides is 1. The Balaban J connectivity index is 2.24. The van der Waals surface area contributed by atoms with Crippen LogP contribution < -0.4 is 4.31 Å². The van der Waals surface area contributed by atoms with E-state index in [0.29, 0.717) is 6.92 Å². The molecule has 186 valence electrons. The van der Waals surface area contributed by atoms with Crippen LogP contribution in [0.5, 0.6) is 0 Å². The molecule has 3 aromatic heterocycles. The maximum Gasteiger partial charge on any atom is 0.409 e. The molecule has 0 N–H and O–H groups in total. The highest BCUT2D eigenvalue weighted by Gasteiger charge is 2.48. The second-order valence-electron chi connectivity index (χ2n) is 7.80. The second kappa shape index (κ2) is 8.87. The zero-order valence-electron chi connectivity index (χ0n) is 18.6. The summed E-state index contributed by atoms with van der Waals surface area (Å²) in [6.45, 7) is 1.95. The van der Waals surface area contributed by atoms with Gasteiger partial charge in [0.05, 0.1) is 17.4 Å². The number of alkyl halides is 3. The van der Waals surface area contributed by atoms with Crippen molar-refractivity contribution < 1.29 is 30.4 Å². The van der Waals surface area contributed by atoms with E-state index in [-0.39, 0.29) is 20.8 Å². The summed E-state index contributed by atoms with van der Waals surface area (Å²) in [6, 6.07) is 4.42. The molecule has 0 spiro atoms. The van der Waals surface area contributed by atoms with Gasteiger partial charge in [0.15, 0.2) is 5.82 Å². The van der Waals surface area contributed by atoms with Gasteiger partial charge in [0.1, 0.15) is 34.2 Å². The van der Waals surface area contributed by atoms with E-state index >= 15 is 0 Å². The summed E-state index contributed by atoms with van der Waals surface area (Å²) in [5.74, 6) is -2.61. The van der Waals surface area contributed by atoms with Crippen LogP contribution in [-0.2, 0) is 10.0 Å². The molecule has 0 amide bonds. The highest BCUT2D eigenvalue weighted by Crippen LogP contribution is 2.42. The molecule has 4 aromatic rings. The minimum Gasteiger partial charge on any atom is -0.291 e. The van der Waals surface area contributed by atoms with Crippen molar-refractivity contribution >= 4 is 26.7 Å². The number of aromatic nitrogens is 3. The summed E-state index contributed by atoms with van der Waals surface area (Å²) in [5, 5.41) is 9.77. The van der Waals surface area contributed by atoms with E-state index in [2.05, 4.69) is 9.97 Å².